The van der Waals surface area contributed by atoms with E-state index >= 15 is 0 Å². The van der Waals surface area contributed by atoms with Crippen molar-refractivity contribution in [3.8, 4) is 0 Å². The third-order valence-electron chi connectivity index (χ3n) is 3.55. The van der Waals surface area contributed by atoms with Crippen molar-refractivity contribution in [2.24, 2.45) is 0 Å². The molecular formula is C17H19BrF3N3O2. The maximum Gasteiger partial charge on any atom is 0.411 e. The number of aromatic nitrogens is 2. The maximum atomic E-state index is 12.6. The summed E-state index contributed by atoms with van der Waals surface area (Å²) in [6, 6.07) is 6.39. The van der Waals surface area contributed by atoms with E-state index in [1.165, 1.54) is 11.0 Å². The van der Waals surface area contributed by atoms with Gasteiger partial charge in [-0.1, -0.05) is 12.1 Å². The highest BCUT2D eigenvalue weighted by molar-refractivity contribution is 9.10. The fourth-order valence-corrected chi connectivity index (χ4v) is 2.74. The summed E-state index contributed by atoms with van der Waals surface area (Å²) in [5.74, 6) is -0.249. The molecule has 0 bridgehead atoms. The number of amides is 1. The minimum absolute atomic E-state index is 0.212. The number of aryl methyl sites for hydroxylation is 1. The minimum atomic E-state index is -4.37. The van der Waals surface area contributed by atoms with Crippen molar-refractivity contribution in [3.63, 3.8) is 0 Å². The molecule has 0 atom stereocenters. The van der Waals surface area contributed by atoms with Crippen LogP contribution in [0.2, 0.25) is 0 Å². The van der Waals surface area contributed by atoms with Crippen LogP contribution in [-0.4, -0.2) is 40.4 Å². The molecular weight excluding hydrogens is 415 g/mol. The molecule has 1 aromatic carbocycles. The van der Waals surface area contributed by atoms with E-state index in [4.69, 9.17) is 0 Å². The molecule has 2 aromatic rings. The van der Waals surface area contributed by atoms with Crippen LogP contribution in [0.1, 0.15) is 28.5 Å². The summed E-state index contributed by atoms with van der Waals surface area (Å²) >= 11 is 3.42. The first-order valence-electron chi connectivity index (χ1n) is 7.90. The van der Waals surface area contributed by atoms with Gasteiger partial charge in [0.1, 0.15) is 6.61 Å². The van der Waals surface area contributed by atoms with Gasteiger partial charge in [0, 0.05) is 25.4 Å². The number of hydrogen-bond acceptors (Lipinski definition) is 3. The summed E-state index contributed by atoms with van der Waals surface area (Å²) in [5.41, 5.74) is 1.61. The van der Waals surface area contributed by atoms with Crippen molar-refractivity contribution in [3.05, 3.63) is 51.8 Å². The average Bonchev–Trinajstić information content (AvgIpc) is 2.93. The number of hydrogen-bond donors (Lipinski definition) is 0. The lowest BCUT2D eigenvalue weighted by molar-refractivity contribution is -0.176. The molecule has 0 N–H and O–H groups in total. The van der Waals surface area contributed by atoms with Gasteiger partial charge in [0.25, 0.3) is 5.91 Å². The summed E-state index contributed by atoms with van der Waals surface area (Å²) in [4.78, 5) is 14.1. The van der Waals surface area contributed by atoms with Crippen molar-refractivity contribution < 1.29 is 22.7 Å². The number of alkyl halides is 3. The van der Waals surface area contributed by atoms with Crippen molar-refractivity contribution >= 4 is 21.8 Å². The molecule has 0 unspecified atom stereocenters. The molecule has 1 heterocycles. The highest BCUT2D eigenvalue weighted by Gasteiger charge is 2.27. The van der Waals surface area contributed by atoms with Crippen LogP contribution in [0.3, 0.4) is 0 Å². The quantitative estimate of drug-likeness (QED) is 0.662. The standard InChI is InChI=1S/C17H19BrF3N3O2/c1-3-24-8-14(18)15(22-24)9-23(2)16(25)13-6-4-5-12(7-13)10-26-11-17(19,20)21/h4-8H,3,9-11H2,1-2H3. The van der Waals surface area contributed by atoms with Crippen LogP contribution < -0.4 is 0 Å². The van der Waals surface area contributed by atoms with E-state index in [9.17, 15) is 18.0 Å². The number of benzene rings is 1. The van der Waals surface area contributed by atoms with Crippen LogP contribution in [0.4, 0.5) is 13.2 Å². The molecule has 26 heavy (non-hydrogen) atoms. The summed E-state index contributed by atoms with van der Waals surface area (Å²) in [6.07, 6.45) is -2.53. The van der Waals surface area contributed by atoms with Crippen LogP contribution in [0.15, 0.2) is 34.9 Å². The second kappa shape index (κ2) is 8.68. The lowest BCUT2D eigenvalue weighted by Crippen LogP contribution is -2.26. The first-order chi connectivity index (χ1) is 12.2. The molecule has 0 aliphatic heterocycles. The van der Waals surface area contributed by atoms with E-state index in [2.05, 4.69) is 25.8 Å². The predicted octanol–water partition coefficient (Wildman–Crippen LogP) is 4.02. The van der Waals surface area contributed by atoms with E-state index < -0.39 is 12.8 Å². The molecule has 5 nitrogen and oxygen atoms in total. The highest BCUT2D eigenvalue weighted by Crippen LogP contribution is 2.19. The summed E-state index contributed by atoms with van der Waals surface area (Å²) < 4.78 is 43.6. The molecule has 0 saturated carbocycles. The molecule has 9 heteroatoms. The molecule has 0 fully saturated rings. The van der Waals surface area contributed by atoms with Crippen LogP contribution in [0.25, 0.3) is 0 Å². The molecule has 0 aliphatic rings. The van der Waals surface area contributed by atoms with E-state index in [0.717, 1.165) is 16.7 Å². The van der Waals surface area contributed by atoms with Crippen molar-refractivity contribution in [2.45, 2.75) is 32.8 Å². The topological polar surface area (TPSA) is 47.4 Å². The van der Waals surface area contributed by atoms with Gasteiger partial charge in [-0.15, -0.1) is 0 Å². The fourth-order valence-electron chi connectivity index (χ4n) is 2.30. The molecule has 1 aromatic heterocycles. The zero-order valence-electron chi connectivity index (χ0n) is 14.4. The first kappa shape index (κ1) is 20.4. The Balaban J connectivity index is 2.01. The van der Waals surface area contributed by atoms with Gasteiger partial charge in [-0.05, 0) is 40.5 Å². The van der Waals surface area contributed by atoms with Crippen molar-refractivity contribution in [2.75, 3.05) is 13.7 Å². The molecule has 0 spiro atoms. The molecule has 0 saturated heterocycles. The zero-order chi connectivity index (χ0) is 19.3. The van der Waals surface area contributed by atoms with E-state index in [1.54, 1.807) is 29.9 Å². The Morgan fingerprint density at radius 3 is 2.73 bits per heavy atom. The Labute approximate surface area is 157 Å². The van der Waals surface area contributed by atoms with Crippen molar-refractivity contribution in [1.82, 2.24) is 14.7 Å². The van der Waals surface area contributed by atoms with Gasteiger partial charge in [-0.2, -0.15) is 18.3 Å². The number of nitrogens with zero attached hydrogens (tertiary/aromatic N) is 3. The molecule has 1 amide bonds. The third kappa shape index (κ3) is 5.84. The Kier molecular flexibility index (Phi) is 6.82. The van der Waals surface area contributed by atoms with Crippen molar-refractivity contribution in [1.29, 1.82) is 0 Å². The number of halogens is 4. The Hall–Kier alpha value is -1.87. The molecule has 142 valence electrons. The SMILES string of the molecule is CCn1cc(Br)c(CN(C)C(=O)c2cccc(COCC(F)(F)F)c2)n1. The zero-order valence-corrected chi connectivity index (χ0v) is 16.0. The van der Waals surface area contributed by atoms with E-state index in [0.29, 0.717) is 17.7 Å². The number of ether oxygens (including phenoxy) is 1. The minimum Gasteiger partial charge on any atom is -0.367 e. The number of carbonyl (C=O) groups excluding carboxylic acids is 1. The second-order valence-electron chi connectivity index (χ2n) is 5.75. The normalized spacial score (nSPS) is 11.6. The molecule has 0 aliphatic carbocycles. The van der Waals surface area contributed by atoms with Gasteiger partial charge in [0.2, 0.25) is 0 Å². The number of rotatable bonds is 7. The lowest BCUT2D eigenvalue weighted by atomic mass is 10.1. The highest BCUT2D eigenvalue weighted by atomic mass is 79.9. The van der Waals surface area contributed by atoms with Crippen LogP contribution in [0, 0.1) is 0 Å². The van der Waals surface area contributed by atoms with Gasteiger partial charge in [0.15, 0.2) is 0 Å². The lowest BCUT2D eigenvalue weighted by Gasteiger charge is -2.17. The Bertz CT molecular complexity index is 762. The second-order valence-corrected chi connectivity index (χ2v) is 6.60. The average molecular weight is 434 g/mol. The van der Waals surface area contributed by atoms with Gasteiger partial charge < -0.3 is 9.64 Å². The van der Waals surface area contributed by atoms with Gasteiger partial charge in [-0.25, -0.2) is 0 Å². The number of carbonyl (C=O) groups is 1. The molecule has 0 radical (unpaired) electrons. The molecule has 2 rings (SSSR count). The Morgan fingerprint density at radius 1 is 1.38 bits per heavy atom. The van der Waals surface area contributed by atoms with E-state index in [-0.39, 0.29) is 12.5 Å². The maximum absolute atomic E-state index is 12.6. The van der Waals surface area contributed by atoms with Gasteiger partial charge in [0.05, 0.1) is 23.3 Å². The summed E-state index contributed by atoms with van der Waals surface area (Å²) in [5, 5.41) is 4.37. The monoisotopic (exact) mass is 433 g/mol. The first-order valence-corrected chi connectivity index (χ1v) is 8.69. The van der Waals surface area contributed by atoms with E-state index in [1.807, 2.05) is 13.1 Å². The smallest absolute Gasteiger partial charge is 0.367 e. The van der Waals surface area contributed by atoms with Crippen LogP contribution in [-0.2, 0) is 24.4 Å². The van der Waals surface area contributed by atoms with Gasteiger partial charge in [-0.3, -0.25) is 9.48 Å². The van der Waals surface area contributed by atoms with Gasteiger partial charge >= 0.3 is 6.18 Å². The third-order valence-corrected chi connectivity index (χ3v) is 4.22. The largest absolute Gasteiger partial charge is 0.411 e. The Morgan fingerprint density at radius 2 is 2.12 bits per heavy atom. The summed E-state index contributed by atoms with van der Waals surface area (Å²) in [7, 11) is 1.65. The summed E-state index contributed by atoms with van der Waals surface area (Å²) in [6.45, 7) is 1.46. The van der Waals surface area contributed by atoms with Crippen LogP contribution >= 0.6 is 15.9 Å². The predicted molar refractivity (Wildman–Crippen MR) is 93.6 cm³/mol. The van der Waals surface area contributed by atoms with Crippen LogP contribution in [0.5, 0.6) is 0 Å². The fraction of sp³-hybridized carbons (Fsp3) is 0.412.